The molecule has 2 nitrogen and oxygen atoms in total. The molecule has 1 saturated heterocycles. The lowest BCUT2D eigenvalue weighted by molar-refractivity contribution is 0.301. The summed E-state index contributed by atoms with van der Waals surface area (Å²) in [6.45, 7) is 0.737. The van der Waals surface area contributed by atoms with Gasteiger partial charge in [-0.25, -0.2) is 0 Å². The zero-order chi connectivity index (χ0) is 4.41. The molecule has 0 aromatic rings. The van der Waals surface area contributed by atoms with E-state index in [0.29, 0.717) is 0 Å². The second kappa shape index (κ2) is 1.62. The van der Waals surface area contributed by atoms with E-state index in [4.69, 9.17) is 9.68 Å². The van der Waals surface area contributed by atoms with Crippen molar-refractivity contribution in [3.63, 3.8) is 0 Å². The molecule has 1 heterocycles. The van der Waals surface area contributed by atoms with Crippen LogP contribution in [0.5, 0.6) is 0 Å². The van der Waals surface area contributed by atoms with Gasteiger partial charge in [-0.3, -0.25) is 0 Å². The number of rotatable bonds is 0. The Morgan fingerprint density at radius 1 is 1.67 bits per heavy atom. The summed E-state index contributed by atoms with van der Waals surface area (Å²) in [5.74, 6) is 0. The van der Waals surface area contributed by atoms with E-state index in [0.717, 1.165) is 19.3 Å². The van der Waals surface area contributed by atoms with Gasteiger partial charge < -0.3 is 9.68 Å². The molecule has 6 heavy (non-hydrogen) atoms. The number of hydrogen-bond acceptors (Lipinski definition) is 2. The Bertz CT molecular complexity index is 42.1. The number of hydrogen-bond donors (Lipinski definition) is 1. The van der Waals surface area contributed by atoms with Crippen LogP contribution < -0.4 is 0 Å². The van der Waals surface area contributed by atoms with E-state index < -0.39 is 7.12 Å². The molecule has 0 aromatic carbocycles. The molecule has 1 N–H and O–H groups in total. The maximum absolute atomic E-state index is 8.51. The van der Waals surface area contributed by atoms with Crippen molar-refractivity contribution >= 4 is 7.12 Å². The van der Waals surface area contributed by atoms with Gasteiger partial charge in [0.05, 0.1) is 0 Å². The van der Waals surface area contributed by atoms with Gasteiger partial charge in [-0.15, -0.1) is 0 Å². The average molecular weight is 85.9 g/mol. The van der Waals surface area contributed by atoms with Crippen LogP contribution in [-0.2, 0) is 4.65 Å². The van der Waals surface area contributed by atoms with Crippen LogP contribution in [0.1, 0.15) is 6.42 Å². The van der Waals surface area contributed by atoms with Crippen molar-refractivity contribution in [1.29, 1.82) is 0 Å². The maximum atomic E-state index is 8.51. The van der Waals surface area contributed by atoms with Crippen molar-refractivity contribution in [2.24, 2.45) is 0 Å². The molecule has 0 aliphatic carbocycles. The monoisotopic (exact) mass is 86.1 g/mol. The fourth-order valence-electron chi connectivity index (χ4n) is 0.561. The summed E-state index contributed by atoms with van der Waals surface area (Å²) in [6.07, 6.45) is 1.83. The van der Waals surface area contributed by atoms with Crippen molar-refractivity contribution < 1.29 is 9.68 Å². The molecule has 0 unspecified atom stereocenters. The normalized spacial score (nSPS) is 22.5. The molecule has 0 amide bonds. The van der Waals surface area contributed by atoms with Gasteiger partial charge in [0.1, 0.15) is 0 Å². The van der Waals surface area contributed by atoms with Gasteiger partial charge in [-0.2, -0.15) is 0 Å². The van der Waals surface area contributed by atoms with Crippen LogP contribution in [0.2, 0.25) is 6.32 Å². The zero-order valence-corrected chi connectivity index (χ0v) is 3.55. The van der Waals surface area contributed by atoms with E-state index in [9.17, 15) is 0 Å². The molecular weight excluding hydrogens is 78.8 g/mol. The van der Waals surface area contributed by atoms with Crippen LogP contribution in [0.25, 0.3) is 0 Å². The van der Waals surface area contributed by atoms with Crippen LogP contribution >= 0.6 is 0 Å². The van der Waals surface area contributed by atoms with E-state index in [1.165, 1.54) is 0 Å². The minimum Gasteiger partial charge on any atom is -0.427 e. The summed E-state index contributed by atoms with van der Waals surface area (Å²) >= 11 is 0. The Hall–Kier alpha value is -0.0151. The second-order valence-corrected chi connectivity index (χ2v) is 1.47. The third-order valence-corrected chi connectivity index (χ3v) is 0.906. The van der Waals surface area contributed by atoms with Gasteiger partial charge in [0.2, 0.25) is 0 Å². The fourth-order valence-corrected chi connectivity index (χ4v) is 0.561. The van der Waals surface area contributed by atoms with Crippen LogP contribution in [0.4, 0.5) is 0 Å². The molecular formula is C3H7BO2. The average Bonchev–Trinajstić information content (AvgIpc) is 1.86. The summed E-state index contributed by atoms with van der Waals surface area (Å²) in [6, 6.07) is 0. The molecule has 0 saturated carbocycles. The first kappa shape index (κ1) is 4.15. The van der Waals surface area contributed by atoms with Crippen LogP contribution in [-0.4, -0.2) is 18.7 Å². The summed E-state index contributed by atoms with van der Waals surface area (Å²) < 4.78 is 4.71. The van der Waals surface area contributed by atoms with Gasteiger partial charge in [-0.05, 0) is 12.7 Å². The van der Waals surface area contributed by atoms with Crippen molar-refractivity contribution in [1.82, 2.24) is 0 Å². The Labute approximate surface area is 37.3 Å². The molecule has 0 aromatic heterocycles. The van der Waals surface area contributed by atoms with E-state index in [-0.39, 0.29) is 0 Å². The third kappa shape index (κ3) is 0.728. The molecule has 1 aliphatic heterocycles. The van der Waals surface area contributed by atoms with Gasteiger partial charge in [0.15, 0.2) is 0 Å². The van der Waals surface area contributed by atoms with Gasteiger partial charge in [0.25, 0.3) is 0 Å². The fraction of sp³-hybridized carbons (Fsp3) is 1.00. The second-order valence-electron chi connectivity index (χ2n) is 1.47. The minimum absolute atomic E-state index is 0.454. The SMILES string of the molecule is OB1CCCO1. The van der Waals surface area contributed by atoms with Crippen LogP contribution in [0.3, 0.4) is 0 Å². The van der Waals surface area contributed by atoms with Gasteiger partial charge in [0, 0.05) is 6.61 Å². The summed E-state index contributed by atoms with van der Waals surface area (Å²) in [5.41, 5.74) is 0. The van der Waals surface area contributed by atoms with Gasteiger partial charge >= 0.3 is 7.12 Å². The molecule has 1 aliphatic rings. The molecule has 1 rings (SSSR count). The van der Waals surface area contributed by atoms with E-state index in [1.807, 2.05) is 0 Å². The maximum Gasteiger partial charge on any atom is 0.454 e. The molecule has 34 valence electrons. The quantitative estimate of drug-likeness (QED) is 0.416. The largest absolute Gasteiger partial charge is 0.454 e. The first-order valence-corrected chi connectivity index (χ1v) is 2.19. The predicted octanol–water partition coefficient (Wildman–Crippen LogP) is -0.113. The van der Waals surface area contributed by atoms with Crippen LogP contribution in [0, 0.1) is 0 Å². The zero-order valence-electron chi connectivity index (χ0n) is 3.55. The summed E-state index contributed by atoms with van der Waals surface area (Å²) in [4.78, 5) is 0. The Morgan fingerprint density at radius 3 is 2.67 bits per heavy atom. The van der Waals surface area contributed by atoms with E-state index in [2.05, 4.69) is 0 Å². The van der Waals surface area contributed by atoms with Crippen molar-refractivity contribution in [3.05, 3.63) is 0 Å². The molecule has 0 radical (unpaired) electrons. The predicted molar refractivity (Wildman–Crippen MR) is 23.3 cm³/mol. The molecule has 0 bridgehead atoms. The lowest BCUT2D eigenvalue weighted by Gasteiger charge is -1.86. The smallest absolute Gasteiger partial charge is 0.427 e. The Balaban J connectivity index is 2.18. The van der Waals surface area contributed by atoms with Crippen molar-refractivity contribution in [3.8, 4) is 0 Å². The van der Waals surface area contributed by atoms with Crippen molar-refractivity contribution in [2.45, 2.75) is 12.7 Å². The lowest BCUT2D eigenvalue weighted by Crippen LogP contribution is -2.07. The summed E-state index contributed by atoms with van der Waals surface area (Å²) in [7, 11) is -0.454. The highest BCUT2D eigenvalue weighted by atomic mass is 16.5. The Morgan fingerprint density at radius 2 is 2.50 bits per heavy atom. The van der Waals surface area contributed by atoms with E-state index in [1.54, 1.807) is 0 Å². The van der Waals surface area contributed by atoms with Crippen molar-refractivity contribution in [2.75, 3.05) is 6.61 Å². The van der Waals surface area contributed by atoms with Crippen LogP contribution in [0.15, 0.2) is 0 Å². The summed E-state index contributed by atoms with van der Waals surface area (Å²) in [5, 5.41) is 8.51. The van der Waals surface area contributed by atoms with Gasteiger partial charge in [-0.1, -0.05) is 0 Å². The topological polar surface area (TPSA) is 29.5 Å². The lowest BCUT2D eigenvalue weighted by atomic mass is 9.88. The molecule has 1 fully saturated rings. The molecule has 0 spiro atoms. The highest BCUT2D eigenvalue weighted by Gasteiger charge is 2.17. The highest BCUT2D eigenvalue weighted by Crippen LogP contribution is 2.04. The highest BCUT2D eigenvalue weighted by molar-refractivity contribution is 6.43. The molecule has 0 atom stereocenters. The first-order chi connectivity index (χ1) is 2.89. The minimum atomic E-state index is -0.454. The third-order valence-electron chi connectivity index (χ3n) is 0.906. The molecule has 3 heteroatoms. The van der Waals surface area contributed by atoms with E-state index >= 15 is 0 Å². The standard InChI is InChI=1S/C3H7BO2/c5-4-2-1-3-6-4/h5H,1-3H2. The Kier molecular flexibility index (Phi) is 1.12. The first-order valence-electron chi connectivity index (χ1n) is 2.19.